The molecule has 6 nitrogen and oxygen atoms in total. The monoisotopic (exact) mass is 339 g/mol. The molecule has 0 unspecified atom stereocenters. The third-order valence-corrected chi connectivity index (χ3v) is 5.93. The average molecular weight is 339 g/mol. The van der Waals surface area contributed by atoms with Gasteiger partial charge in [-0.3, -0.25) is 9.78 Å². The van der Waals surface area contributed by atoms with Gasteiger partial charge in [-0.2, -0.15) is 0 Å². The van der Waals surface area contributed by atoms with Crippen LogP contribution >= 0.6 is 0 Å². The fraction of sp³-hybridized carbons (Fsp3) is 0.625. The highest BCUT2D eigenvalue weighted by Crippen LogP contribution is 2.16. The Morgan fingerprint density at radius 2 is 2.26 bits per heavy atom. The van der Waals surface area contributed by atoms with Gasteiger partial charge in [0.05, 0.1) is 11.5 Å². The van der Waals surface area contributed by atoms with Crippen molar-refractivity contribution in [1.29, 1.82) is 0 Å². The first-order valence-electron chi connectivity index (χ1n) is 8.03. The van der Waals surface area contributed by atoms with Crippen LogP contribution in [-0.2, 0) is 21.1 Å². The second-order valence-corrected chi connectivity index (χ2v) is 8.29. The number of pyridine rings is 1. The highest BCUT2D eigenvalue weighted by Gasteiger charge is 2.30. The number of carbonyl (C=O) groups is 1. The van der Waals surface area contributed by atoms with Crippen molar-refractivity contribution < 1.29 is 13.2 Å². The summed E-state index contributed by atoms with van der Waals surface area (Å²) in [5, 5.41) is 2.90. The summed E-state index contributed by atoms with van der Waals surface area (Å²) in [6.07, 6.45) is 4.55. The van der Waals surface area contributed by atoms with Gasteiger partial charge in [0.2, 0.25) is 5.91 Å². The molecule has 0 aromatic carbocycles. The lowest BCUT2D eigenvalue weighted by Gasteiger charge is -2.22. The predicted molar refractivity (Wildman–Crippen MR) is 89.9 cm³/mol. The van der Waals surface area contributed by atoms with E-state index in [4.69, 9.17) is 0 Å². The van der Waals surface area contributed by atoms with E-state index in [1.807, 2.05) is 30.1 Å². The molecule has 2 rings (SSSR count). The van der Waals surface area contributed by atoms with E-state index in [1.165, 1.54) is 0 Å². The van der Waals surface area contributed by atoms with Crippen LogP contribution in [0, 0.1) is 0 Å². The Hall–Kier alpha value is -1.47. The zero-order chi connectivity index (χ0) is 16.7. The normalized spacial score (nSPS) is 19.8. The van der Waals surface area contributed by atoms with Crippen LogP contribution in [0.3, 0.4) is 0 Å². The first kappa shape index (κ1) is 17.9. The Kier molecular flexibility index (Phi) is 6.53. The summed E-state index contributed by atoms with van der Waals surface area (Å²) >= 11 is 0. The van der Waals surface area contributed by atoms with Crippen LogP contribution in [0.2, 0.25) is 0 Å². The van der Waals surface area contributed by atoms with Crippen LogP contribution in [0.1, 0.15) is 25.0 Å². The summed E-state index contributed by atoms with van der Waals surface area (Å²) in [5.41, 5.74) is 1.03. The third-order valence-electron chi connectivity index (χ3n) is 4.18. The number of amides is 1. The quantitative estimate of drug-likeness (QED) is 0.703. The molecule has 1 amide bonds. The molecule has 1 saturated heterocycles. The zero-order valence-corrected chi connectivity index (χ0v) is 14.4. The van der Waals surface area contributed by atoms with Crippen LogP contribution in [0.5, 0.6) is 0 Å². The van der Waals surface area contributed by atoms with E-state index >= 15 is 0 Å². The predicted octanol–water partition coefficient (Wildman–Crippen LogP) is 0.639. The van der Waals surface area contributed by atoms with E-state index in [-0.39, 0.29) is 23.5 Å². The third kappa shape index (κ3) is 6.27. The van der Waals surface area contributed by atoms with E-state index < -0.39 is 9.84 Å². The van der Waals surface area contributed by atoms with Gasteiger partial charge in [-0.1, -0.05) is 6.07 Å². The number of aromatic nitrogens is 1. The Bertz CT molecular complexity index is 604. The number of hydrogen-bond acceptors (Lipinski definition) is 5. The maximum atomic E-state index is 11.8. The van der Waals surface area contributed by atoms with Gasteiger partial charge in [0.15, 0.2) is 9.84 Å². The summed E-state index contributed by atoms with van der Waals surface area (Å²) in [5.74, 6) is 0.496. The van der Waals surface area contributed by atoms with Gasteiger partial charge >= 0.3 is 0 Å². The first-order chi connectivity index (χ1) is 11.0. The molecule has 128 valence electrons. The standard InChI is InChI=1S/C16H25N3O3S/c1-19(15-8-12-23(21,22)13-15)11-7-16(20)18-10-4-6-14-5-2-3-9-17-14/h2-3,5,9,15H,4,6-8,10-13H2,1H3,(H,18,20)/t15-/m1/s1. The average Bonchev–Trinajstić information content (AvgIpc) is 2.90. The Balaban J connectivity index is 1.58. The van der Waals surface area contributed by atoms with Gasteiger partial charge in [-0.15, -0.1) is 0 Å². The van der Waals surface area contributed by atoms with Crippen molar-refractivity contribution >= 4 is 15.7 Å². The van der Waals surface area contributed by atoms with E-state index in [2.05, 4.69) is 10.3 Å². The SMILES string of the molecule is CN(CCC(=O)NCCCc1ccccn1)[C@@H]1CCS(=O)(=O)C1. The lowest BCUT2D eigenvalue weighted by Crippen LogP contribution is -2.36. The summed E-state index contributed by atoms with van der Waals surface area (Å²) in [6.45, 7) is 1.23. The minimum absolute atomic E-state index is 0.0127. The number of carbonyl (C=O) groups excluding carboxylic acids is 1. The fourth-order valence-electron chi connectivity index (χ4n) is 2.72. The second-order valence-electron chi connectivity index (χ2n) is 6.06. The summed E-state index contributed by atoms with van der Waals surface area (Å²) in [6, 6.07) is 5.88. The van der Waals surface area contributed by atoms with E-state index in [1.54, 1.807) is 6.20 Å². The Morgan fingerprint density at radius 1 is 1.43 bits per heavy atom. The van der Waals surface area contributed by atoms with E-state index in [0.29, 0.717) is 25.9 Å². The van der Waals surface area contributed by atoms with Crippen LogP contribution in [-0.4, -0.2) is 61.9 Å². The van der Waals surface area contributed by atoms with Crippen molar-refractivity contribution in [2.24, 2.45) is 0 Å². The number of hydrogen-bond donors (Lipinski definition) is 1. The summed E-state index contributed by atoms with van der Waals surface area (Å²) < 4.78 is 22.9. The molecule has 7 heteroatoms. The van der Waals surface area contributed by atoms with Crippen LogP contribution in [0.15, 0.2) is 24.4 Å². The highest BCUT2D eigenvalue weighted by atomic mass is 32.2. The minimum atomic E-state index is -2.87. The second kappa shape index (κ2) is 8.40. The van der Waals surface area contributed by atoms with Crippen molar-refractivity contribution in [2.45, 2.75) is 31.7 Å². The van der Waals surface area contributed by atoms with Crippen molar-refractivity contribution in [1.82, 2.24) is 15.2 Å². The molecule has 1 N–H and O–H groups in total. The number of aryl methyl sites for hydroxylation is 1. The van der Waals surface area contributed by atoms with E-state index in [9.17, 15) is 13.2 Å². The zero-order valence-electron chi connectivity index (χ0n) is 13.6. The van der Waals surface area contributed by atoms with Crippen LogP contribution in [0.4, 0.5) is 0 Å². The van der Waals surface area contributed by atoms with Crippen molar-refractivity contribution in [2.75, 3.05) is 31.6 Å². The van der Waals surface area contributed by atoms with Gasteiger partial charge < -0.3 is 10.2 Å². The molecule has 0 saturated carbocycles. The number of sulfone groups is 1. The molecule has 1 aromatic heterocycles. The van der Waals surface area contributed by atoms with Gasteiger partial charge in [0.1, 0.15) is 0 Å². The van der Waals surface area contributed by atoms with Gasteiger partial charge in [-0.25, -0.2) is 8.42 Å². The largest absolute Gasteiger partial charge is 0.356 e. The topological polar surface area (TPSA) is 79.4 Å². The molecule has 23 heavy (non-hydrogen) atoms. The molecule has 0 aliphatic carbocycles. The molecule has 1 fully saturated rings. The number of nitrogens with one attached hydrogen (secondary N) is 1. The van der Waals surface area contributed by atoms with Crippen molar-refractivity contribution in [3.8, 4) is 0 Å². The highest BCUT2D eigenvalue weighted by molar-refractivity contribution is 7.91. The van der Waals surface area contributed by atoms with Crippen LogP contribution in [0.25, 0.3) is 0 Å². The Morgan fingerprint density at radius 3 is 2.91 bits per heavy atom. The molecule has 0 spiro atoms. The molecule has 0 radical (unpaired) electrons. The number of rotatable bonds is 8. The molecule has 1 aromatic rings. The molecule has 0 bridgehead atoms. The lowest BCUT2D eigenvalue weighted by atomic mass is 10.2. The first-order valence-corrected chi connectivity index (χ1v) is 9.86. The minimum Gasteiger partial charge on any atom is -0.356 e. The fourth-order valence-corrected chi connectivity index (χ4v) is 4.52. The lowest BCUT2D eigenvalue weighted by molar-refractivity contribution is -0.121. The van der Waals surface area contributed by atoms with Gasteiger partial charge in [-0.05, 0) is 38.4 Å². The van der Waals surface area contributed by atoms with Crippen LogP contribution < -0.4 is 5.32 Å². The smallest absolute Gasteiger partial charge is 0.221 e. The maximum Gasteiger partial charge on any atom is 0.221 e. The van der Waals surface area contributed by atoms with Crippen molar-refractivity contribution in [3.63, 3.8) is 0 Å². The Labute approximate surface area is 138 Å². The summed E-state index contributed by atoms with van der Waals surface area (Å²) in [7, 11) is -0.982. The molecule has 1 aliphatic rings. The van der Waals surface area contributed by atoms with Crippen molar-refractivity contribution in [3.05, 3.63) is 30.1 Å². The number of nitrogens with zero attached hydrogens (tertiary/aromatic N) is 2. The van der Waals surface area contributed by atoms with Gasteiger partial charge in [0.25, 0.3) is 0 Å². The van der Waals surface area contributed by atoms with Gasteiger partial charge in [0, 0.05) is 37.4 Å². The summed E-state index contributed by atoms with van der Waals surface area (Å²) in [4.78, 5) is 18.1. The molecular weight excluding hydrogens is 314 g/mol. The molecule has 2 heterocycles. The molecule has 1 aliphatic heterocycles. The molecular formula is C16H25N3O3S. The van der Waals surface area contributed by atoms with E-state index in [0.717, 1.165) is 18.5 Å². The maximum absolute atomic E-state index is 11.8. The molecule has 1 atom stereocenters.